The fourth-order valence-electron chi connectivity index (χ4n) is 6.04. The molecular weight excluding hydrogens is 454 g/mol. The summed E-state index contributed by atoms with van der Waals surface area (Å²) in [4.78, 5) is 10.3. The molecule has 0 spiro atoms. The van der Waals surface area contributed by atoms with E-state index >= 15 is 0 Å². The van der Waals surface area contributed by atoms with Crippen LogP contribution >= 0.6 is 0 Å². The second kappa shape index (κ2) is 7.28. The molecule has 3 aromatic carbocycles. The highest BCUT2D eigenvalue weighted by Gasteiger charge is 2.33. The summed E-state index contributed by atoms with van der Waals surface area (Å²) in [5.41, 5.74) is 9.60. The van der Waals surface area contributed by atoms with Gasteiger partial charge in [-0.25, -0.2) is 9.97 Å². The number of rotatable bonds is 3. The lowest BCUT2D eigenvalue weighted by molar-refractivity contribution is 0.486. The number of aromatic nitrogens is 3. The van der Waals surface area contributed by atoms with E-state index in [1.165, 1.54) is 22.1 Å². The van der Waals surface area contributed by atoms with Gasteiger partial charge in [-0.05, 0) is 53.1 Å². The summed E-state index contributed by atoms with van der Waals surface area (Å²) < 4.78 is 8.44. The minimum atomic E-state index is 0.126. The third-order valence-electron chi connectivity index (χ3n) is 7.63. The van der Waals surface area contributed by atoms with Gasteiger partial charge in [-0.2, -0.15) is 0 Å². The Morgan fingerprint density at radius 2 is 1.70 bits per heavy atom. The van der Waals surface area contributed by atoms with Crippen molar-refractivity contribution in [3.8, 4) is 28.7 Å². The predicted molar refractivity (Wildman–Crippen MR) is 150 cm³/mol. The van der Waals surface area contributed by atoms with Gasteiger partial charge in [-0.15, -0.1) is 0 Å². The Labute approximate surface area is 213 Å². The van der Waals surface area contributed by atoms with Crippen molar-refractivity contribution in [2.75, 3.05) is 0 Å². The number of ether oxygens (including phenoxy) is 1. The van der Waals surface area contributed by atoms with Crippen molar-refractivity contribution in [1.29, 1.82) is 0 Å². The van der Waals surface area contributed by atoms with Crippen molar-refractivity contribution in [2.45, 2.75) is 0 Å². The van der Waals surface area contributed by atoms with Crippen LogP contribution in [0, 0.1) is 5.92 Å². The standard InChI is InChI=1S/C33H21N3O/c1-3-19-18-25-21(20(19)4-2)16-17-23-22-10-5-7-13-27(22)36(32(23)25)33-34-26-12-9-15-29-30(26)31(35-33)24-11-6-8-14-28(24)37-29/h3-18,21H,1-2H2. The van der Waals surface area contributed by atoms with Gasteiger partial charge in [0.1, 0.15) is 11.5 Å². The van der Waals surface area contributed by atoms with Gasteiger partial charge in [0.2, 0.25) is 5.95 Å². The molecule has 174 valence electrons. The summed E-state index contributed by atoms with van der Waals surface area (Å²) in [7, 11) is 0. The maximum absolute atomic E-state index is 6.22. The molecule has 2 aromatic heterocycles. The molecule has 4 heteroatoms. The van der Waals surface area contributed by atoms with E-state index in [4.69, 9.17) is 14.7 Å². The molecule has 0 amide bonds. The minimum Gasteiger partial charge on any atom is -0.456 e. The zero-order chi connectivity index (χ0) is 24.7. The summed E-state index contributed by atoms with van der Waals surface area (Å²) in [6.45, 7) is 8.14. The summed E-state index contributed by atoms with van der Waals surface area (Å²) >= 11 is 0. The number of allylic oxidation sites excluding steroid dienone is 7. The number of hydrogen-bond acceptors (Lipinski definition) is 3. The molecule has 1 aliphatic heterocycles. The smallest absolute Gasteiger partial charge is 0.235 e. The van der Waals surface area contributed by atoms with Crippen LogP contribution in [-0.2, 0) is 0 Å². The van der Waals surface area contributed by atoms with Crippen molar-refractivity contribution in [3.05, 3.63) is 127 Å². The van der Waals surface area contributed by atoms with E-state index in [9.17, 15) is 0 Å². The number of fused-ring (bicyclic) bond motifs is 7. The molecule has 3 heterocycles. The monoisotopic (exact) mass is 475 g/mol. The fourth-order valence-corrected chi connectivity index (χ4v) is 6.04. The quantitative estimate of drug-likeness (QED) is 0.260. The summed E-state index contributed by atoms with van der Waals surface area (Å²) in [5.74, 6) is 2.37. The largest absolute Gasteiger partial charge is 0.456 e. The van der Waals surface area contributed by atoms with E-state index in [2.05, 4.69) is 66.3 Å². The van der Waals surface area contributed by atoms with Gasteiger partial charge in [-0.1, -0.05) is 73.9 Å². The van der Waals surface area contributed by atoms with Crippen molar-refractivity contribution in [3.63, 3.8) is 0 Å². The van der Waals surface area contributed by atoms with Gasteiger partial charge in [0.05, 0.1) is 27.8 Å². The first-order chi connectivity index (χ1) is 18.3. The Kier molecular flexibility index (Phi) is 3.98. The molecule has 1 unspecified atom stereocenters. The van der Waals surface area contributed by atoms with E-state index < -0.39 is 0 Å². The molecule has 4 nitrogen and oxygen atoms in total. The Hall–Kier alpha value is -4.96. The molecule has 0 fully saturated rings. The van der Waals surface area contributed by atoms with Crippen molar-refractivity contribution < 1.29 is 4.74 Å². The van der Waals surface area contributed by atoms with E-state index in [-0.39, 0.29) is 5.92 Å². The Bertz CT molecular complexity index is 1950. The molecule has 5 aromatic rings. The molecular formula is C33H21N3O. The van der Waals surface area contributed by atoms with Crippen LogP contribution in [0.2, 0.25) is 0 Å². The van der Waals surface area contributed by atoms with E-state index in [0.717, 1.165) is 50.4 Å². The van der Waals surface area contributed by atoms with Gasteiger partial charge < -0.3 is 4.74 Å². The Morgan fingerprint density at radius 1 is 0.865 bits per heavy atom. The van der Waals surface area contributed by atoms with Crippen LogP contribution in [0.1, 0.15) is 11.3 Å². The van der Waals surface area contributed by atoms with Gasteiger partial charge in [0, 0.05) is 22.4 Å². The molecule has 0 saturated heterocycles. The van der Waals surface area contributed by atoms with Gasteiger partial charge in [0.25, 0.3) is 0 Å². The van der Waals surface area contributed by atoms with Crippen LogP contribution < -0.4 is 4.74 Å². The first-order valence-corrected chi connectivity index (χ1v) is 12.4. The Balaban J connectivity index is 1.48. The highest BCUT2D eigenvalue weighted by molar-refractivity contribution is 6.03. The lowest BCUT2D eigenvalue weighted by Gasteiger charge is -2.23. The Morgan fingerprint density at radius 3 is 2.59 bits per heavy atom. The summed E-state index contributed by atoms with van der Waals surface area (Å²) in [5, 5.41) is 2.12. The predicted octanol–water partition coefficient (Wildman–Crippen LogP) is 8.06. The number of hydrogen-bond donors (Lipinski definition) is 0. The van der Waals surface area contributed by atoms with Crippen LogP contribution in [0.15, 0.2) is 115 Å². The molecule has 0 saturated carbocycles. The molecule has 3 aliphatic rings. The molecule has 37 heavy (non-hydrogen) atoms. The normalized spacial score (nSPS) is 16.8. The van der Waals surface area contributed by atoms with Crippen LogP contribution in [-0.4, -0.2) is 14.5 Å². The summed E-state index contributed by atoms with van der Waals surface area (Å²) in [6.07, 6.45) is 10.6. The second-order valence-electron chi connectivity index (χ2n) is 9.49. The molecule has 0 bridgehead atoms. The highest BCUT2D eigenvalue weighted by atomic mass is 16.5. The van der Waals surface area contributed by atoms with E-state index in [0.29, 0.717) is 5.95 Å². The third kappa shape index (κ3) is 2.62. The molecule has 0 N–H and O–H groups in total. The van der Waals surface area contributed by atoms with Crippen LogP contribution in [0.3, 0.4) is 0 Å². The molecule has 8 rings (SSSR count). The van der Waals surface area contributed by atoms with Gasteiger partial charge in [0.15, 0.2) is 0 Å². The lowest BCUT2D eigenvalue weighted by atomic mass is 9.86. The SMILES string of the molecule is C=CC1=C(C=C)C2C=Cc3c(n(-c4nc5c6c(cccc6n4)Oc4ccccc4-5)c4ccccc34)C2=C1. The molecule has 0 radical (unpaired) electrons. The second-order valence-corrected chi connectivity index (χ2v) is 9.49. The van der Waals surface area contributed by atoms with E-state index in [1.807, 2.05) is 48.6 Å². The van der Waals surface area contributed by atoms with Crippen LogP contribution in [0.4, 0.5) is 0 Å². The topological polar surface area (TPSA) is 39.9 Å². The van der Waals surface area contributed by atoms with Gasteiger partial charge >= 0.3 is 0 Å². The summed E-state index contributed by atoms with van der Waals surface area (Å²) in [6, 6.07) is 22.6. The lowest BCUT2D eigenvalue weighted by Crippen LogP contribution is -2.12. The van der Waals surface area contributed by atoms with E-state index in [1.54, 1.807) is 0 Å². The third-order valence-corrected chi connectivity index (χ3v) is 7.63. The zero-order valence-electron chi connectivity index (χ0n) is 20.0. The van der Waals surface area contributed by atoms with Crippen molar-refractivity contribution in [1.82, 2.24) is 14.5 Å². The first kappa shape index (κ1) is 20.3. The minimum absolute atomic E-state index is 0.126. The van der Waals surface area contributed by atoms with Crippen LogP contribution in [0.25, 0.3) is 50.7 Å². The fraction of sp³-hybridized carbons (Fsp3) is 0.0303. The maximum Gasteiger partial charge on any atom is 0.235 e. The molecule has 1 atom stereocenters. The maximum atomic E-state index is 6.22. The average molecular weight is 476 g/mol. The first-order valence-electron chi connectivity index (χ1n) is 12.4. The number of para-hydroxylation sites is 2. The van der Waals surface area contributed by atoms with Crippen molar-refractivity contribution in [2.24, 2.45) is 5.92 Å². The molecule has 2 aliphatic carbocycles. The van der Waals surface area contributed by atoms with Crippen LogP contribution in [0.5, 0.6) is 11.5 Å². The average Bonchev–Trinajstić information content (AvgIpc) is 3.48. The number of benzene rings is 3. The highest BCUT2D eigenvalue weighted by Crippen LogP contribution is 2.49. The van der Waals surface area contributed by atoms with Gasteiger partial charge in [-0.3, -0.25) is 4.57 Å². The zero-order valence-corrected chi connectivity index (χ0v) is 20.0. The number of nitrogens with zero attached hydrogens (tertiary/aromatic N) is 3. The van der Waals surface area contributed by atoms with Crippen molar-refractivity contribution >= 4 is 33.5 Å².